The van der Waals surface area contributed by atoms with Gasteiger partial charge in [-0.05, 0) is 12.1 Å². The van der Waals surface area contributed by atoms with Crippen molar-refractivity contribution in [2.75, 3.05) is 17.2 Å². The number of para-hydroxylation sites is 1. The third-order valence-corrected chi connectivity index (χ3v) is 5.06. The van der Waals surface area contributed by atoms with Gasteiger partial charge in [0.05, 0.1) is 12.7 Å². The standard InChI is InChI=1S/C22H22N10O/c33-18(6-10-30-11-7-23-14-30)27-20-19-21(32(16-26-19)17-4-2-1-3-5-17)29-22(28-20)25-9-13-31-12-8-24-15-31/h1-5,7-8,11-12,14-16H,6,9-10,13H2,(H2,25,27,28,29,33). The van der Waals surface area contributed by atoms with Crippen molar-refractivity contribution < 1.29 is 4.79 Å². The average Bonchev–Trinajstić information content (AvgIpc) is 3.60. The Balaban J connectivity index is 1.41. The van der Waals surface area contributed by atoms with Gasteiger partial charge in [0.1, 0.15) is 6.33 Å². The normalized spacial score (nSPS) is 11.0. The second-order valence-electron chi connectivity index (χ2n) is 7.34. The van der Waals surface area contributed by atoms with Crippen LogP contribution in [0.25, 0.3) is 16.9 Å². The third kappa shape index (κ3) is 4.71. The fourth-order valence-electron chi connectivity index (χ4n) is 3.40. The molecule has 1 aromatic carbocycles. The summed E-state index contributed by atoms with van der Waals surface area (Å²) >= 11 is 0. The lowest BCUT2D eigenvalue weighted by molar-refractivity contribution is -0.116. The quantitative estimate of drug-likeness (QED) is 0.359. The first-order chi connectivity index (χ1) is 16.3. The van der Waals surface area contributed by atoms with Gasteiger partial charge in [-0.25, -0.2) is 15.0 Å². The summed E-state index contributed by atoms with van der Waals surface area (Å²) < 4.78 is 5.68. The SMILES string of the molecule is O=C(CCn1ccnc1)Nc1nc(NCCn2ccnc2)nc2c1ncn2-c1ccccc1. The molecule has 11 nitrogen and oxygen atoms in total. The zero-order chi connectivity index (χ0) is 22.5. The van der Waals surface area contributed by atoms with Crippen molar-refractivity contribution in [1.29, 1.82) is 0 Å². The molecule has 0 aliphatic heterocycles. The summed E-state index contributed by atoms with van der Waals surface area (Å²) in [5.74, 6) is 0.614. The Morgan fingerprint density at radius 3 is 2.39 bits per heavy atom. The molecule has 0 saturated carbocycles. The van der Waals surface area contributed by atoms with E-state index in [1.165, 1.54) is 0 Å². The van der Waals surface area contributed by atoms with E-state index in [2.05, 4.69) is 35.6 Å². The molecule has 5 aromatic rings. The number of benzene rings is 1. The number of carbonyl (C=O) groups is 1. The monoisotopic (exact) mass is 442 g/mol. The topological polar surface area (TPSA) is 120 Å². The maximum atomic E-state index is 12.6. The van der Waals surface area contributed by atoms with Crippen molar-refractivity contribution in [3.05, 3.63) is 74.1 Å². The largest absolute Gasteiger partial charge is 0.352 e. The molecule has 166 valence electrons. The highest BCUT2D eigenvalue weighted by Crippen LogP contribution is 2.23. The van der Waals surface area contributed by atoms with Gasteiger partial charge in [-0.3, -0.25) is 9.36 Å². The molecule has 0 atom stereocenters. The van der Waals surface area contributed by atoms with E-state index in [9.17, 15) is 4.79 Å². The molecule has 0 radical (unpaired) electrons. The smallest absolute Gasteiger partial charge is 0.227 e. The van der Waals surface area contributed by atoms with Crippen LogP contribution in [0.4, 0.5) is 11.8 Å². The fraction of sp³-hybridized carbons (Fsp3) is 0.182. The Kier molecular flexibility index (Phi) is 5.74. The van der Waals surface area contributed by atoms with Gasteiger partial charge in [0, 0.05) is 56.5 Å². The van der Waals surface area contributed by atoms with Crippen LogP contribution in [-0.4, -0.2) is 51.1 Å². The number of aryl methyl sites for hydroxylation is 1. The van der Waals surface area contributed by atoms with Crippen LogP contribution in [0.3, 0.4) is 0 Å². The number of anilines is 2. The molecule has 0 bridgehead atoms. The van der Waals surface area contributed by atoms with E-state index in [1.807, 2.05) is 56.4 Å². The van der Waals surface area contributed by atoms with E-state index in [1.54, 1.807) is 31.4 Å². The van der Waals surface area contributed by atoms with E-state index >= 15 is 0 Å². The second-order valence-corrected chi connectivity index (χ2v) is 7.34. The van der Waals surface area contributed by atoms with Gasteiger partial charge in [-0.15, -0.1) is 0 Å². The predicted octanol–water partition coefficient (Wildman–Crippen LogP) is 2.35. The number of fused-ring (bicyclic) bond motifs is 1. The number of hydrogen-bond acceptors (Lipinski definition) is 7. The van der Waals surface area contributed by atoms with Crippen molar-refractivity contribution in [3.8, 4) is 5.69 Å². The Hall–Kier alpha value is -4.54. The minimum atomic E-state index is -0.165. The van der Waals surface area contributed by atoms with Gasteiger partial charge >= 0.3 is 0 Å². The highest BCUT2D eigenvalue weighted by atomic mass is 16.1. The second kappa shape index (κ2) is 9.30. The van der Waals surface area contributed by atoms with E-state index < -0.39 is 0 Å². The zero-order valence-corrected chi connectivity index (χ0v) is 17.7. The highest BCUT2D eigenvalue weighted by molar-refractivity contribution is 5.97. The summed E-state index contributed by atoms with van der Waals surface area (Å²) in [5.41, 5.74) is 2.04. The fourth-order valence-corrected chi connectivity index (χ4v) is 3.40. The van der Waals surface area contributed by atoms with Crippen LogP contribution in [0, 0.1) is 0 Å². The average molecular weight is 442 g/mol. The van der Waals surface area contributed by atoms with Gasteiger partial charge in [-0.2, -0.15) is 9.97 Å². The molecular weight excluding hydrogens is 420 g/mol. The Morgan fingerprint density at radius 1 is 0.909 bits per heavy atom. The van der Waals surface area contributed by atoms with Gasteiger partial charge in [0.25, 0.3) is 0 Å². The molecule has 4 heterocycles. The molecule has 4 aromatic heterocycles. The summed E-state index contributed by atoms with van der Waals surface area (Å²) in [5, 5.41) is 6.14. The predicted molar refractivity (Wildman–Crippen MR) is 123 cm³/mol. The molecule has 1 amide bonds. The van der Waals surface area contributed by atoms with Gasteiger partial charge < -0.3 is 19.8 Å². The number of rotatable bonds is 9. The van der Waals surface area contributed by atoms with Crippen LogP contribution >= 0.6 is 0 Å². The minimum absolute atomic E-state index is 0.165. The van der Waals surface area contributed by atoms with Gasteiger partial charge in [-0.1, -0.05) is 18.2 Å². The molecule has 11 heteroatoms. The molecular formula is C22H22N10O. The molecule has 0 aliphatic rings. The molecule has 0 fully saturated rings. The third-order valence-electron chi connectivity index (χ3n) is 5.06. The first kappa shape index (κ1) is 20.4. The van der Waals surface area contributed by atoms with Crippen LogP contribution in [0.5, 0.6) is 0 Å². The van der Waals surface area contributed by atoms with Crippen LogP contribution in [0.2, 0.25) is 0 Å². The number of carbonyl (C=O) groups excluding carboxylic acids is 1. The molecule has 0 spiro atoms. The van der Waals surface area contributed by atoms with Crippen molar-refractivity contribution in [2.24, 2.45) is 0 Å². The number of imidazole rings is 3. The van der Waals surface area contributed by atoms with E-state index in [0.29, 0.717) is 42.6 Å². The molecule has 33 heavy (non-hydrogen) atoms. The number of aromatic nitrogens is 8. The molecule has 5 rings (SSSR count). The lowest BCUT2D eigenvalue weighted by Crippen LogP contribution is -2.17. The number of nitrogens with zero attached hydrogens (tertiary/aromatic N) is 8. The van der Waals surface area contributed by atoms with E-state index in [4.69, 9.17) is 0 Å². The first-order valence-electron chi connectivity index (χ1n) is 10.5. The summed E-state index contributed by atoms with van der Waals surface area (Å²) in [6.07, 6.45) is 12.5. The Bertz CT molecular complexity index is 1330. The lowest BCUT2D eigenvalue weighted by atomic mass is 10.3. The van der Waals surface area contributed by atoms with Crippen molar-refractivity contribution >= 4 is 28.8 Å². The number of hydrogen-bond donors (Lipinski definition) is 2. The van der Waals surface area contributed by atoms with Crippen LogP contribution in [0.1, 0.15) is 6.42 Å². The number of nitrogens with one attached hydrogen (secondary N) is 2. The lowest BCUT2D eigenvalue weighted by Gasteiger charge is -2.11. The first-order valence-corrected chi connectivity index (χ1v) is 10.5. The highest BCUT2D eigenvalue weighted by Gasteiger charge is 2.16. The summed E-state index contributed by atoms with van der Waals surface area (Å²) in [4.78, 5) is 34.4. The van der Waals surface area contributed by atoms with Crippen molar-refractivity contribution in [3.63, 3.8) is 0 Å². The summed E-state index contributed by atoms with van der Waals surface area (Å²) in [6.45, 7) is 1.82. The van der Waals surface area contributed by atoms with Gasteiger partial charge in [0.2, 0.25) is 11.9 Å². The van der Waals surface area contributed by atoms with E-state index in [0.717, 1.165) is 5.69 Å². The number of amides is 1. The minimum Gasteiger partial charge on any atom is -0.352 e. The molecule has 0 saturated heterocycles. The maximum Gasteiger partial charge on any atom is 0.227 e. The molecule has 2 N–H and O–H groups in total. The van der Waals surface area contributed by atoms with E-state index in [-0.39, 0.29) is 12.3 Å². The Labute approximate surface area is 189 Å². The summed E-state index contributed by atoms with van der Waals surface area (Å²) in [7, 11) is 0. The Morgan fingerprint density at radius 2 is 1.67 bits per heavy atom. The zero-order valence-electron chi connectivity index (χ0n) is 17.7. The van der Waals surface area contributed by atoms with Crippen molar-refractivity contribution in [2.45, 2.75) is 19.5 Å². The summed E-state index contributed by atoms with van der Waals surface area (Å²) in [6, 6.07) is 9.79. The van der Waals surface area contributed by atoms with Crippen molar-refractivity contribution in [1.82, 2.24) is 38.6 Å². The molecule has 0 aliphatic carbocycles. The van der Waals surface area contributed by atoms with Gasteiger partial charge in [0.15, 0.2) is 17.0 Å². The molecule has 0 unspecified atom stereocenters. The van der Waals surface area contributed by atoms with Crippen LogP contribution < -0.4 is 10.6 Å². The van der Waals surface area contributed by atoms with Crippen LogP contribution in [-0.2, 0) is 17.9 Å². The van der Waals surface area contributed by atoms with Crippen LogP contribution in [0.15, 0.2) is 74.1 Å². The maximum absolute atomic E-state index is 12.6.